The lowest BCUT2D eigenvalue weighted by atomic mass is 9.65. The number of fused-ring (bicyclic) bond motifs is 2. The van der Waals surface area contributed by atoms with Gasteiger partial charge in [0.2, 0.25) is 17.7 Å². The number of carbonyl (C=O) groups excluding carboxylic acids is 3. The number of hydrogen-bond acceptors (Lipinski definition) is 4. The maximum Gasteiger partial charge on any atom is 0.241 e. The van der Waals surface area contributed by atoms with Crippen molar-refractivity contribution >= 4 is 17.7 Å². The number of rotatable bonds is 5. The van der Waals surface area contributed by atoms with E-state index >= 15 is 0 Å². The monoisotopic (exact) mass is 473 g/mol. The SMILES string of the molecule is Cc1ccccc1C1(CC(=O)N2CC3(C)CC2CC(C)(C)C3)CC(=O)N(Cc2ccncc2)C1=O. The van der Waals surface area contributed by atoms with Gasteiger partial charge in [-0.25, -0.2) is 0 Å². The molecule has 1 saturated carbocycles. The van der Waals surface area contributed by atoms with Crippen LogP contribution in [0.1, 0.15) is 69.6 Å². The molecule has 2 aliphatic heterocycles. The van der Waals surface area contributed by atoms with Crippen LogP contribution in [0.25, 0.3) is 0 Å². The Morgan fingerprint density at radius 3 is 2.49 bits per heavy atom. The van der Waals surface area contributed by atoms with E-state index < -0.39 is 5.41 Å². The molecule has 2 aromatic rings. The highest BCUT2D eigenvalue weighted by Crippen LogP contribution is 2.53. The molecule has 3 heterocycles. The van der Waals surface area contributed by atoms with E-state index in [1.54, 1.807) is 12.4 Å². The van der Waals surface area contributed by atoms with Crippen LogP contribution in [0.2, 0.25) is 0 Å². The van der Waals surface area contributed by atoms with E-state index in [4.69, 9.17) is 0 Å². The fraction of sp³-hybridized carbons (Fsp3) is 0.517. The minimum atomic E-state index is -1.17. The minimum absolute atomic E-state index is 0.00779. The van der Waals surface area contributed by atoms with Crippen molar-refractivity contribution in [3.63, 3.8) is 0 Å². The Hall–Kier alpha value is -3.02. The molecule has 1 aliphatic carbocycles. The highest BCUT2D eigenvalue weighted by Gasteiger charge is 2.57. The molecule has 5 rings (SSSR count). The molecule has 1 aromatic heterocycles. The third kappa shape index (κ3) is 4.17. The number of pyridine rings is 1. The summed E-state index contributed by atoms with van der Waals surface area (Å²) in [5.41, 5.74) is 1.71. The summed E-state index contributed by atoms with van der Waals surface area (Å²) in [7, 11) is 0. The Kier molecular flexibility index (Phi) is 5.61. The van der Waals surface area contributed by atoms with E-state index in [0.29, 0.717) is 0 Å². The third-order valence-electron chi connectivity index (χ3n) is 8.35. The minimum Gasteiger partial charge on any atom is -0.339 e. The molecule has 1 aromatic carbocycles. The van der Waals surface area contributed by atoms with E-state index in [1.165, 1.54) is 4.90 Å². The quantitative estimate of drug-likeness (QED) is 0.604. The molecule has 3 atom stereocenters. The van der Waals surface area contributed by atoms with Crippen LogP contribution in [0, 0.1) is 17.8 Å². The number of hydrogen-bond donors (Lipinski definition) is 0. The first-order valence-corrected chi connectivity index (χ1v) is 12.6. The fourth-order valence-electron chi connectivity index (χ4n) is 7.30. The van der Waals surface area contributed by atoms with Crippen molar-refractivity contribution in [2.24, 2.45) is 10.8 Å². The third-order valence-corrected chi connectivity index (χ3v) is 8.35. The van der Waals surface area contributed by atoms with Crippen LogP contribution in [0.4, 0.5) is 0 Å². The van der Waals surface area contributed by atoms with Gasteiger partial charge in [-0.1, -0.05) is 45.0 Å². The molecule has 3 unspecified atom stereocenters. The first kappa shape index (κ1) is 23.7. The number of aromatic nitrogens is 1. The van der Waals surface area contributed by atoms with Crippen LogP contribution in [-0.4, -0.2) is 45.1 Å². The number of imide groups is 1. The van der Waals surface area contributed by atoms with Gasteiger partial charge >= 0.3 is 0 Å². The van der Waals surface area contributed by atoms with Crippen molar-refractivity contribution in [1.82, 2.24) is 14.8 Å². The van der Waals surface area contributed by atoms with Crippen LogP contribution >= 0.6 is 0 Å². The van der Waals surface area contributed by atoms with Gasteiger partial charge in [0, 0.05) is 37.8 Å². The van der Waals surface area contributed by atoms with Gasteiger partial charge < -0.3 is 4.90 Å². The Morgan fingerprint density at radius 2 is 1.77 bits per heavy atom. The van der Waals surface area contributed by atoms with Crippen LogP contribution in [0.5, 0.6) is 0 Å². The molecule has 0 radical (unpaired) electrons. The number of benzene rings is 1. The molecule has 184 valence electrons. The number of amides is 3. The van der Waals surface area contributed by atoms with Crippen molar-refractivity contribution in [2.45, 2.75) is 77.8 Å². The Labute approximate surface area is 207 Å². The average Bonchev–Trinajstić information content (AvgIpc) is 3.18. The van der Waals surface area contributed by atoms with Crippen molar-refractivity contribution in [3.8, 4) is 0 Å². The summed E-state index contributed by atoms with van der Waals surface area (Å²) < 4.78 is 0. The van der Waals surface area contributed by atoms with Crippen LogP contribution < -0.4 is 0 Å². The molecule has 3 fully saturated rings. The van der Waals surface area contributed by atoms with E-state index in [2.05, 4.69) is 25.8 Å². The van der Waals surface area contributed by atoms with Gasteiger partial charge in [0.15, 0.2) is 0 Å². The zero-order chi connectivity index (χ0) is 25.0. The Balaban J connectivity index is 1.48. The molecule has 3 aliphatic rings. The van der Waals surface area contributed by atoms with Gasteiger partial charge in [0.1, 0.15) is 0 Å². The van der Waals surface area contributed by atoms with Gasteiger partial charge in [-0.2, -0.15) is 0 Å². The van der Waals surface area contributed by atoms with Crippen molar-refractivity contribution in [3.05, 3.63) is 65.5 Å². The molecule has 2 bridgehead atoms. The maximum absolute atomic E-state index is 14.1. The predicted molar refractivity (Wildman–Crippen MR) is 133 cm³/mol. The van der Waals surface area contributed by atoms with Crippen molar-refractivity contribution in [1.29, 1.82) is 0 Å². The number of carbonyl (C=O) groups is 3. The van der Waals surface area contributed by atoms with Gasteiger partial charge in [-0.05, 0) is 65.8 Å². The van der Waals surface area contributed by atoms with Crippen molar-refractivity contribution in [2.75, 3.05) is 6.54 Å². The van der Waals surface area contributed by atoms with Gasteiger partial charge in [0.25, 0.3) is 0 Å². The molecule has 35 heavy (non-hydrogen) atoms. The van der Waals surface area contributed by atoms with Crippen molar-refractivity contribution < 1.29 is 14.4 Å². The summed E-state index contributed by atoms with van der Waals surface area (Å²) in [6.45, 7) is 9.74. The van der Waals surface area contributed by atoms with E-state index in [-0.39, 0.29) is 54.0 Å². The zero-order valence-corrected chi connectivity index (χ0v) is 21.2. The van der Waals surface area contributed by atoms with Crippen LogP contribution in [0.15, 0.2) is 48.8 Å². The second kappa shape index (κ2) is 8.28. The smallest absolute Gasteiger partial charge is 0.241 e. The van der Waals surface area contributed by atoms with E-state index in [0.717, 1.165) is 42.5 Å². The van der Waals surface area contributed by atoms with Crippen LogP contribution in [-0.2, 0) is 26.3 Å². The normalized spacial score (nSPS) is 29.7. The van der Waals surface area contributed by atoms with Crippen LogP contribution in [0.3, 0.4) is 0 Å². The predicted octanol–water partition coefficient (Wildman–Crippen LogP) is 4.40. The molecular weight excluding hydrogens is 438 g/mol. The maximum atomic E-state index is 14.1. The number of aryl methyl sites for hydroxylation is 1. The summed E-state index contributed by atoms with van der Waals surface area (Å²) in [6, 6.07) is 11.5. The standard InChI is InChI=1S/C29H35N3O3/c1-20-7-5-6-8-23(20)29(15-24(33)31(26(29)35)17-21-9-11-30-12-10-21)16-25(34)32-19-28(4)14-22(32)13-27(2,3)18-28/h5-12,22H,13-19H2,1-4H3. The topological polar surface area (TPSA) is 70.6 Å². The largest absolute Gasteiger partial charge is 0.339 e. The zero-order valence-electron chi connectivity index (χ0n) is 21.2. The number of likely N-dealkylation sites (tertiary alicyclic amines) is 2. The number of nitrogens with zero attached hydrogens (tertiary/aromatic N) is 3. The second-order valence-corrected chi connectivity index (χ2v) is 12.1. The molecule has 3 amide bonds. The Bertz CT molecular complexity index is 1180. The van der Waals surface area contributed by atoms with Gasteiger partial charge in [0.05, 0.1) is 12.0 Å². The highest BCUT2D eigenvalue weighted by molar-refractivity contribution is 6.10. The van der Waals surface area contributed by atoms with Gasteiger partial charge in [-0.15, -0.1) is 0 Å². The summed E-state index contributed by atoms with van der Waals surface area (Å²) >= 11 is 0. The first-order valence-electron chi connectivity index (χ1n) is 12.6. The lowest BCUT2D eigenvalue weighted by Gasteiger charge is -2.39. The highest BCUT2D eigenvalue weighted by atomic mass is 16.2. The molecule has 6 heteroatoms. The lowest BCUT2D eigenvalue weighted by Crippen LogP contribution is -2.45. The summed E-state index contributed by atoms with van der Waals surface area (Å²) in [4.78, 5) is 48.7. The fourth-order valence-corrected chi connectivity index (χ4v) is 7.30. The Morgan fingerprint density at radius 1 is 1.06 bits per heavy atom. The summed E-state index contributed by atoms with van der Waals surface area (Å²) in [5.74, 6) is -0.501. The average molecular weight is 474 g/mol. The molecule has 0 spiro atoms. The molecule has 6 nitrogen and oxygen atoms in total. The summed E-state index contributed by atoms with van der Waals surface area (Å²) in [5, 5.41) is 0. The van der Waals surface area contributed by atoms with Gasteiger partial charge in [-0.3, -0.25) is 24.3 Å². The first-order chi connectivity index (χ1) is 16.5. The van der Waals surface area contributed by atoms with E-state index in [1.807, 2.05) is 48.2 Å². The summed E-state index contributed by atoms with van der Waals surface area (Å²) in [6.07, 6.45) is 6.46. The molecule has 0 N–H and O–H groups in total. The van der Waals surface area contributed by atoms with E-state index in [9.17, 15) is 14.4 Å². The molecule has 2 saturated heterocycles. The second-order valence-electron chi connectivity index (χ2n) is 12.1. The lowest BCUT2D eigenvalue weighted by molar-refractivity contribution is -0.143. The molecular formula is C29H35N3O3.